The van der Waals surface area contributed by atoms with Gasteiger partial charge in [0.05, 0.1) is 25.6 Å². The van der Waals surface area contributed by atoms with Crippen LogP contribution in [0.4, 0.5) is 0 Å². The van der Waals surface area contributed by atoms with Crippen molar-refractivity contribution in [2.45, 2.75) is 52.2 Å². The monoisotopic (exact) mass is 397 g/mol. The van der Waals surface area contributed by atoms with Crippen molar-refractivity contribution in [3.63, 3.8) is 0 Å². The van der Waals surface area contributed by atoms with Gasteiger partial charge in [-0.2, -0.15) is 0 Å². The first-order chi connectivity index (χ1) is 14.0. The van der Waals surface area contributed by atoms with Crippen LogP contribution in [0.2, 0.25) is 0 Å². The second-order valence-corrected chi connectivity index (χ2v) is 7.68. The quantitative estimate of drug-likeness (QED) is 0.772. The molecule has 0 saturated carbocycles. The van der Waals surface area contributed by atoms with Gasteiger partial charge in [-0.1, -0.05) is 18.2 Å². The van der Waals surface area contributed by atoms with Crippen molar-refractivity contribution >= 4 is 11.8 Å². The molecule has 1 aromatic carbocycles. The van der Waals surface area contributed by atoms with Crippen LogP contribution in [0.25, 0.3) is 0 Å². The Morgan fingerprint density at radius 3 is 2.79 bits per heavy atom. The van der Waals surface area contributed by atoms with Crippen molar-refractivity contribution in [1.82, 2.24) is 24.6 Å². The molecule has 4 rings (SSSR count). The number of aryl methyl sites for hydroxylation is 1. The highest BCUT2D eigenvalue weighted by Gasteiger charge is 2.34. The van der Waals surface area contributed by atoms with Crippen molar-refractivity contribution in [2.75, 3.05) is 19.7 Å². The van der Waals surface area contributed by atoms with Crippen LogP contribution in [0.5, 0.6) is 5.75 Å². The Morgan fingerprint density at radius 1 is 1.17 bits per heavy atom. The summed E-state index contributed by atoms with van der Waals surface area (Å²) in [7, 11) is 0. The van der Waals surface area contributed by atoms with Crippen LogP contribution in [0, 0.1) is 6.92 Å². The topological polar surface area (TPSA) is 80.6 Å². The maximum atomic E-state index is 12.6. The molecule has 1 fully saturated rings. The minimum atomic E-state index is -0.00138. The lowest BCUT2D eigenvalue weighted by atomic mass is 10.2. The number of hydrogen-bond acceptors (Lipinski definition) is 5. The number of amides is 2. The molecule has 0 unspecified atom stereocenters. The number of fused-ring (bicyclic) bond motifs is 1. The largest absolute Gasteiger partial charge is 0.493 e. The number of carbonyl (C=O) groups excluding carboxylic acids is 2. The highest BCUT2D eigenvalue weighted by Crippen LogP contribution is 2.32. The van der Waals surface area contributed by atoms with E-state index in [9.17, 15) is 9.59 Å². The summed E-state index contributed by atoms with van der Waals surface area (Å²) >= 11 is 0. The fraction of sp³-hybridized carbons (Fsp3) is 0.524. The van der Waals surface area contributed by atoms with E-state index in [0.29, 0.717) is 32.7 Å². The minimum absolute atomic E-state index is 0.00138. The number of aromatic nitrogens is 3. The SMILES string of the molecule is CC(=O)N1CCC[C@H]1c1nnc2n1CCN(C(=O)CCOc1ccccc1C)C2. The predicted molar refractivity (Wildman–Crippen MR) is 106 cm³/mol. The van der Waals surface area contributed by atoms with E-state index in [1.54, 1.807) is 6.92 Å². The van der Waals surface area contributed by atoms with Gasteiger partial charge in [-0.25, -0.2) is 0 Å². The molecule has 0 aliphatic carbocycles. The van der Waals surface area contributed by atoms with Crippen LogP contribution in [0.3, 0.4) is 0 Å². The highest BCUT2D eigenvalue weighted by molar-refractivity contribution is 5.76. The van der Waals surface area contributed by atoms with Gasteiger partial charge in [-0.05, 0) is 31.4 Å². The average molecular weight is 397 g/mol. The number of rotatable bonds is 5. The smallest absolute Gasteiger partial charge is 0.226 e. The summed E-state index contributed by atoms with van der Waals surface area (Å²) in [6, 6.07) is 7.80. The van der Waals surface area contributed by atoms with Gasteiger partial charge in [0.2, 0.25) is 11.8 Å². The first kappa shape index (κ1) is 19.4. The zero-order chi connectivity index (χ0) is 20.4. The van der Waals surface area contributed by atoms with Crippen molar-refractivity contribution < 1.29 is 14.3 Å². The Labute approximate surface area is 170 Å². The number of carbonyl (C=O) groups is 2. The summed E-state index contributed by atoms with van der Waals surface area (Å²) in [6.45, 7) is 6.44. The third kappa shape index (κ3) is 3.97. The Kier molecular flexibility index (Phi) is 5.51. The molecule has 1 saturated heterocycles. The summed E-state index contributed by atoms with van der Waals surface area (Å²) in [4.78, 5) is 28.2. The van der Waals surface area contributed by atoms with E-state index < -0.39 is 0 Å². The predicted octanol–water partition coefficient (Wildman–Crippen LogP) is 2.08. The molecule has 154 valence electrons. The fourth-order valence-electron chi connectivity index (χ4n) is 4.18. The molecule has 29 heavy (non-hydrogen) atoms. The first-order valence-corrected chi connectivity index (χ1v) is 10.2. The van der Waals surface area contributed by atoms with Crippen LogP contribution >= 0.6 is 0 Å². The Morgan fingerprint density at radius 2 is 2.00 bits per heavy atom. The highest BCUT2D eigenvalue weighted by atomic mass is 16.5. The Balaban J connectivity index is 1.35. The molecule has 0 spiro atoms. The zero-order valence-electron chi connectivity index (χ0n) is 17.0. The third-order valence-electron chi connectivity index (χ3n) is 5.76. The summed E-state index contributed by atoms with van der Waals surface area (Å²) in [5, 5.41) is 8.69. The molecule has 2 aromatic rings. The van der Waals surface area contributed by atoms with Crippen molar-refractivity contribution in [1.29, 1.82) is 0 Å². The average Bonchev–Trinajstić information content (AvgIpc) is 3.35. The molecule has 0 N–H and O–H groups in total. The van der Waals surface area contributed by atoms with E-state index in [1.807, 2.05) is 41.0 Å². The molecule has 2 aliphatic rings. The summed E-state index contributed by atoms with van der Waals surface area (Å²) < 4.78 is 7.84. The molecule has 8 nitrogen and oxygen atoms in total. The van der Waals surface area contributed by atoms with Crippen LogP contribution in [-0.4, -0.2) is 56.1 Å². The number of hydrogen-bond donors (Lipinski definition) is 0. The van der Waals surface area contributed by atoms with Gasteiger partial charge in [-0.15, -0.1) is 10.2 Å². The molecule has 0 radical (unpaired) electrons. The number of benzene rings is 1. The minimum Gasteiger partial charge on any atom is -0.493 e. The lowest BCUT2D eigenvalue weighted by Gasteiger charge is -2.30. The molecule has 2 amide bonds. The molecule has 2 aliphatic heterocycles. The van der Waals surface area contributed by atoms with Crippen LogP contribution < -0.4 is 4.74 Å². The third-order valence-corrected chi connectivity index (χ3v) is 5.76. The van der Waals surface area contributed by atoms with Crippen LogP contribution in [0.1, 0.15) is 49.4 Å². The lowest BCUT2D eigenvalue weighted by molar-refractivity contribution is -0.133. The summed E-state index contributed by atoms with van der Waals surface area (Å²) in [6.07, 6.45) is 2.23. The Bertz CT molecular complexity index is 909. The number of ether oxygens (including phenoxy) is 1. The van der Waals surface area contributed by atoms with E-state index >= 15 is 0 Å². The lowest BCUT2D eigenvalue weighted by Crippen LogP contribution is -2.40. The van der Waals surface area contributed by atoms with E-state index in [2.05, 4.69) is 14.8 Å². The maximum absolute atomic E-state index is 12.6. The standard InChI is InChI=1S/C21H27N5O3/c1-15-6-3-4-8-18(15)29-13-9-20(28)24-11-12-26-19(14-24)22-23-21(26)17-7-5-10-25(17)16(2)27/h3-4,6,8,17H,5,7,9-14H2,1-2H3/t17-/m0/s1. The second kappa shape index (κ2) is 8.23. The molecular weight excluding hydrogens is 370 g/mol. The van der Waals surface area contributed by atoms with Crippen molar-refractivity contribution in [2.24, 2.45) is 0 Å². The number of para-hydroxylation sites is 1. The first-order valence-electron chi connectivity index (χ1n) is 10.2. The second-order valence-electron chi connectivity index (χ2n) is 7.68. The maximum Gasteiger partial charge on any atom is 0.226 e. The Hall–Kier alpha value is -2.90. The van der Waals surface area contributed by atoms with E-state index in [4.69, 9.17) is 4.74 Å². The van der Waals surface area contributed by atoms with E-state index in [1.165, 1.54) is 0 Å². The van der Waals surface area contributed by atoms with Gasteiger partial charge in [0.15, 0.2) is 11.6 Å². The van der Waals surface area contributed by atoms with Crippen molar-refractivity contribution in [3.05, 3.63) is 41.5 Å². The zero-order valence-corrected chi connectivity index (χ0v) is 17.0. The number of likely N-dealkylation sites (tertiary alicyclic amines) is 1. The molecule has 0 bridgehead atoms. The summed E-state index contributed by atoms with van der Waals surface area (Å²) in [5.41, 5.74) is 1.06. The van der Waals surface area contributed by atoms with Gasteiger partial charge in [-0.3, -0.25) is 9.59 Å². The molecule has 3 heterocycles. The fourth-order valence-corrected chi connectivity index (χ4v) is 4.18. The molecule has 1 atom stereocenters. The molecule has 1 aromatic heterocycles. The van der Waals surface area contributed by atoms with Crippen LogP contribution in [0.15, 0.2) is 24.3 Å². The van der Waals surface area contributed by atoms with Gasteiger partial charge in [0.1, 0.15) is 5.75 Å². The van der Waals surface area contributed by atoms with E-state index in [0.717, 1.165) is 42.3 Å². The van der Waals surface area contributed by atoms with Crippen LogP contribution in [-0.2, 0) is 22.7 Å². The summed E-state index contributed by atoms with van der Waals surface area (Å²) in [5.74, 6) is 2.58. The van der Waals surface area contributed by atoms with Crippen molar-refractivity contribution in [3.8, 4) is 5.75 Å². The van der Waals surface area contributed by atoms with Gasteiger partial charge in [0.25, 0.3) is 0 Å². The number of nitrogens with zero attached hydrogens (tertiary/aromatic N) is 5. The molecule has 8 heteroatoms. The van der Waals surface area contributed by atoms with Gasteiger partial charge >= 0.3 is 0 Å². The molecular formula is C21H27N5O3. The van der Waals surface area contributed by atoms with Gasteiger partial charge in [0, 0.05) is 26.6 Å². The van der Waals surface area contributed by atoms with E-state index in [-0.39, 0.29) is 17.9 Å². The van der Waals surface area contributed by atoms with Gasteiger partial charge < -0.3 is 19.1 Å². The normalized spacial score (nSPS) is 18.6.